The summed E-state index contributed by atoms with van der Waals surface area (Å²) < 4.78 is 6.81. The van der Waals surface area contributed by atoms with Crippen LogP contribution in [0, 0.1) is 6.92 Å². The predicted molar refractivity (Wildman–Crippen MR) is 95.1 cm³/mol. The quantitative estimate of drug-likeness (QED) is 0.669. The van der Waals surface area contributed by atoms with E-state index >= 15 is 0 Å². The summed E-state index contributed by atoms with van der Waals surface area (Å²) in [5.74, 6) is -0.691. The number of hydrogen-bond acceptors (Lipinski definition) is 7. The number of anilines is 1. The molecule has 0 bridgehead atoms. The molecule has 0 aliphatic carbocycles. The number of carbonyl (C=O) groups is 2. The molecule has 4 rings (SSSR count). The van der Waals surface area contributed by atoms with Gasteiger partial charge in [0.2, 0.25) is 5.88 Å². The molecule has 1 aliphatic heterocycles. The molecule has 3 N–H and O–H groups in total. The van der Waals surface area contributed by atoms with Crippen LogP contribution in [0.15, 0.2) is 47.5 Å². The summed E-state index contributed by atoms with van der Waals surface area (Å²) in [4.78, 5) is 44.4. The van der Waals surface area contributed by atoms with Gasteiger partial charge in [-0.1, -0.05) is 6.07 Å². The summed E-state index contributed by atoms with van der Waals surface area (Å²) in [7, 11) is 0. The van der Waals surface area contributed by atoms with Crippen molar-refractivity contribution < 1.29 is 14.3 Å². The Morgan fingerprint density at radius 1 is 1.11 bits per heavy atom. The van der Waals surface area contributed by atoms with Crippen molar-refractivity contribution in [3.8, 4) is 17.3 Å². The fourth-order valence-electron chi connectivity index (χ4n) is 2.84. The molecule has 9 nitrogen and oxygen atoms in total. The number of amides is 2. The van der Waals surface area contributed by atoms with E-state index in [9.17, 15) is 14.4 Å². The number of benzene rings is 1. The van der Waals surface area contributed by atoms with E-state index in [1.807, 2.05) is 0 Å². The minimum absolute atomic E-state index is 0.0181. The van der Waals surface area contributed by atoms with E-state index in [4.69, 9.17) is 10.5 Å². The van der Waals surface area contributed by atoms with Crippen LogP contribution in [0.25, 0.3) is 5.69 Å². The van der Waals surface area contributed by atoms with Crippen molar-refractivity contribution in [2.45, 2.75) is 6.92 Å². The average molecular weight is 363 g/mol. The lowest BCUT2D eigenvalue weighted by atomic mass is 10.1. The summed E-state index contributed by atoms with van der Waals surface area (Å²) in [5, 5.41) is 2.13. The second kappa shape index (κ2) is 6.06. The van der Waals surface area contributed by atoms with Crippen LogP contribution < -0.4 is 21.3 Å². The van der Waals surface area contributed by atoms with Gasteiger partial charge in [-0.15, -0.1) is 0 Å². The van der Waals surface area contributed by atoms with Crippen molar-refractivity contribution in [1.82, 2.24) is 19.9 Å². The summed E-state index contributed by atoms with van der Waals surface area (Å²) >= 11 is 0. The highest BCUT2D eigenvalue weighted by atomic mass is 16.5. The maximum Gasteiger partial charge on any atom is 0.262 e. The molecule has 0 saturated heterocycles. The second-order valence-corrected chi connectivity index (χ2v) is 5.87. The highest BCUT2D eigenvalue weighted by Crippen LogP contribution is 2.26. The fourth-order valence-corrected chi connectivity index (χ4v) is 2.84. The molecule has 27 heavy (non-hydrogen) atoms. The molecule has 3 heterocycles. The predicted octanol–water partition coefficient (Wildman–Crippen LogP) is 1.19. The number of nitrogen functional groups attached to an aromatic ring is 1. The summed E-state index contributed by atoms with van der Waals surface area (Å²) in [5.41, 5.74) is 6.52. The third kappa shape index (κ3) is 2.80. The van der Waals surface area contributed by atoms with Crippen LogP contribution in [0.3, 0.4) is 0 Å². The molecule has 9 heteroatoms. The maximum absolute atomic E-state index is 12.5. The van der Waals surface area contributed by atoms with Crippen LogP contribution in [0.1, 0.15) is 26.4 Å². The molecule has 0 unspecified atom stereocenters. The number of rotatable bonds is 3. The zero-order valence-electron chi connectivity index (χ0n) is 14.1. The van der Waals surface area contributed by atoms with Gasteiger partial charge in [-0.05, 0) is 19.1 Å². The standard InChI is InChI=1S/C18H13N5O4/c1-9-7-20-8-13(21-9)27-11-4-2-3-10(5-11)23-14(24)6-12-15(16(23)19)18(26)22-17(12)25/h2-8H,19H2,1H3,(H,22,25,26). The van der Waals surface area contributed by atoms with Crippen LogP contribution in [-0.2, 0) is 0 Å². The van der Waals surface area contributed by atoms with E-state index in [1.54, 1.807) is 37.4 Å². The lowest BCUT2D eigenvalue weighted by molar-refractivity contribution is 0.0880. The van der Waals surface area contributed by atoms with E-state index in [0.29, 0.717) is 23.0 Å². The lowest BCUT2D eigenvalue weighted by Gasteiger charge is -2.13. The van der Waals surface area contributed by atoms with E-state index < -0.39 is 17.4 Å². The third-order valence-corrected chi connectivity index (χ3v) is 3.98. The van der Waals surface area contributed by atoms with Crippen LogP contribution in [0.4, 0.5) is 5.82 Å². The number of pyridine rings is 1. The summed E-state index contributed by atoms with van der Waals surface area (Å²) in [6.07, 6.45) is 3.06. The molecule has 134 valence electrons. The molecule has 2 aromatic heterocycles. The van der Waals surface area contributed by atoms with Crippen molar-refractivity contribution >= 4 is 17.6 Å². The Bertz CT molecular complexity index is 1170. The van der Waals surface area contributed by atoms with Crippen molar-refractivity contribution in [2.75, 3.05) is 5.73 Å². The first-order chi connectivity index (χ1) is 12.9. The molecule has 1 aliphatic rings. The number of ether oxygens (including phenoxy) is 1. The lowest BCUT2D eigenvalue weighted by Crippen LogP contribution is -2.24. The number of aromatic nitrogens is 3. The van der Waals surface area contributed by atoms with Crippen LogP contribution in [0.2, 0.25) is 0 Å². The van der Waals surface area contributed by atoms with Gasteiger partial charge in [-0.3, -0.25) is 29.3 Å². The van der Waals surface area contributed by atoms with Gasteiger partial charge in [0.05, 0.1) is 28.7 Å². The van der Waals surface area contributed by atoms with E-state index in [1.165, 1.54) is 6.20 Å². The van der Waals surface area contributed by atoms with Crippen molar-refractivity contribution in [2.24, 2.45) is 0 Å². The van der Waals surface area contributed by atoms with Gasteiger partial charge >= 0.3 is 0 Å². The minimum atomic E-state index is -0.638. The number of carbonyl (C=O) groups excluding carboxylic acids is 2. The fraction of sp³-hybridized carbons (Fsp3) is 0.0556. The van der Waals surface area contributed by atoms with Crippen molar-refractivity contribution in [3.63, 3.8) is 0 Å². The van der Waals surface area contributed by atoms with Gasteiger partial charge in [0.15, 0.2) is 0 Å². The zero-order valence-corrected chi connectivity index (χ0v) is 14.1. The monoisotopic (exact) mass is 363 g/mol. The Labute approximate surface area is 152 Å². The van der Waals surface area contributed by atoms with E-state index in [2.05, 4.69) is 15.3 Å². The van der Waals surface area contributed by atoms with Gasteiger partial charge in [-0.25, -0.2) is 4.98 Å². The van der Waals surface area contributed by atoms with E-state index in [-0.39, 0.29) is 16.9 Å². The minimum Gasteiger partial charge on any atom is -0.437 e. The number of imide groups is 1. The second-order valence-electron chi connectivity index (χ2n) is 5.87. The molecule has 0 fully saturated rings. The van der Waals surface area contributed by atoms with Gasteiger partial charge in [-0.2, -0.15) is 0 Å². The molecule has 0 atom stereocenters. The summed E-state index contributed by atoms with van der Waals surface area (Å²) in [6.45, 7) is 1.79. The zero-order chi connectivity index (χ0) is 19.1. The van der Waals surface area contributed by atoms with Gasteiger partial charge in [0.25, 0.3) is 17.4 Å². The topological polar surface area (TPSA) is 129 Å². The molecule has 0 saturated carbocycles. The smallest absolute Gasteiger partial charge is 0.262 e. The van der Waals surface area contributed by atoms with Gasteiger partial charge < -0.3 is 10.5 Å². The van der Waals surface area contributed by atoms with Crippen LogP contribution in [-0.4, -0.2) is 26.3 Å². The van der Waals surface area contributed by atoms with Crippen LogP contribution >= 0.6 is 0 Å². The summed E-state index contributed by atoms with van der Waals surface area (Å²) in [6, 6.07) is 7.64. The van der Waals surface area contributed by atoms with Gasteiger partial charge in [0, 0.05) is 18.3 Å². The highest BCUT2D eigenvalue weighted by Gasteiger charge is 2.31. The Kier molecular flexibility index (Phi) is 3.69. The number of nitrogens with zero attached hydrogens (tertiary/aromatic N) is 3. The first-order valence-corrected chi connectivity index (χ1v) is 7.92. The van der Waals surface area contributed by atoms with E-state index in [0.717, 1.165) is 10.6 Å². The molecule has 1 aromatic carbocycles. The molecule has 2 amide bonds. The largest absolute Gasteiger partial charge is 0.437 e. The first kappa shape index (κ1) is 16.5. The molecule has 3 aromatic rings. The Morgan fingerprint density at radius 2 is 1.93 bits per heavy atom. The van der Waals surface area contributed by atoms with Crippen molar-refractivity contribution in [1.29, 1.82) is 0 Å². The Hall–Kier alpha value is -4.01. The maximum atomic E-state index is 12.5. The molecule has 0 spiro atoms. The number of fused-ring (bicyclic) bond motifs is 1. The molecular weight excluding hydrogens is 350 g/mol. The SMILES string of the molecule is Cc1cncc(Oc2cccc(-n3c(N)c4c(cc3=O)C(=O)NC4=O)c2)n1. The Morgan fingerprint density at radius 3 is 2.70 bits per heavy atom. The van der Waals surface area contributed by atoms with Gasteiger partial charge in [0.1, 0.15) is 11.6 Å². The average Bonchev–Trinajstić information content (AvgIpc) is 2.89. The Balaban J connectivity index is 1.79. The number of hydrogen-bond donors (Lipinski definition) is 2. The number of nitrogens with one attached hydrogen (secondary N) is 1. The normalized spacial score (nSPS) is 12.6. The molecular formula is C18H13N5O4. The van der Waals surface area contributed by atoms with Crippen LogP contribution in [0.5, 0.6) is 11.6 Å². The number of aryl methyl sites for hydroxylation is 1. The highest BCUT2D eigenvalue weighted by molar-refractivity contribution is 6.23. The number of nitrogens with two attached hydrogens (primary N) is 1. The van der Waals surface area contributed by atoms with Crippen molar-refractivity contribution in [3.05, 3.63) is 69.9 Å². The molecule has 0 radical (unpaired) electrons. The first-order valence-electron chi connectivity index (χ1n) is 7.92. The third-order valence-electron chi connectivity index (χ3n) is 3.98.